The topological polar surface area (TPSA) is 92.3 Å². The zero-order valence-electron chi connectivity index (χ0n) is 13.0. The van der Waals surface area contributed by atoms with Gasteiger partial charge in [-0.15, -0.1) is 0 Å². The monoisotopic (exact) mass is 332 g/mol. The van der Waals surface area contributed by atoms with Crippen LogP contribution in [-0.4, -0.2) is 23.5 Å². The van der Waals surface area contributed by atoms with E-state index in [0.717, 1.165) is 12.1 Å². The Bertz CT molecular complexity index is 707. The number of carbonyl (C=O) groups excluding carboxylic acids is 2. The number of rotatable bonds is 5. The van der Waals surface area contributed by atoms with Crippen molar-refractivity contribution in [2.45, 2.75) is 13.5 Å². The van der Waals surface area contributed by atoms with Gasteiger partial charge >= 0.3 is 6.03 Å². The molecule has 3 amide bonds. The van der Waals surface area contributed by atoms with Crippen LogP contribution < -0.4 is 20.9 Å². The molecule has 0 aliphatic heterocycles. The summed E-state index contributed by atoms with van der Waals surface area (Å²) >= 11 is 0. The highest BCUT2D eigenvalue weighted by atomic mass is 19.1. The number of hydrazine groups is 1. The summed E-state index contributed by atoms with van der Waals surface area (Å²) in [5, 5.41) is 2.57. The minimum absolute atomic E-state index is 0.182. The maximum atomic E-state index is 12.8. The van der Waals surface area contributed by atoms with E-state index < -0.39 is 17.8 Å². The van der Waals surface area contributed by atoms with Crippen LogP contribution in [0.2, 0.25) is 0 Å². The maximum Gasteiger partial charge on any atom is 0.333 e. The van der Waals surface area contributed by atoms with E-state index in [-0.39, 0.29) is 12.1 Å². The normalized spacial score (nSPS) is 9.92. The Labute approximate surface area is 138 Å². The highest BCUT2D eigenvalue weighted by Crippen LogP contribution is 2.13. The molecule has 0 aliphatic carbocycles. The first kappa shape index (κ1) is 17.2. The second-order valence-electron chi connectivity index (χ2n) is 4.67. The van der Waals surface area contributed by atoms with Crippen LogP contribution in [0, 0.1) is 5.82 Å². The number of nitrogens with one attached hydrogen (secondary N) is 3. The fourth-order valence-corrected chi connectivity index (χ4v) is 1.83. The van der Waals surface area contributed by atoms with Crippen LogP contribution in [0.1, 0.15) is 22.8 Å². The van der Waals surface area contributed by atoms with Crippen LogP contribution in [0.25, 0.3) is 0 Å². The fraction of sp³-hybridized carbons (Fsp3) is 0.188. The Hall–Kier alpha value is -3.16. The molecule has 0 atom stereocenters. The van der Waals surface area contributed by atoms with Gasteiger partial charge in [-0.2, -0.15) is 0 Å². The Balaban J connectivity index is 1.81. The van der Waals surface area contributed by atoms with Gasteiger partial charge in [-0.1, -0.05) is 6.07 Å². The number of urea groups is 1. The maximum absolute atomic E-state index is 12.8. The van der Waals surface area contributed by atoms with Gasteiger partial charge in [-0.25, -0.2) is 19.6 Å². The molecule has 0 saturated carbocycles. The Morgan fingerprint density at radius 2 is 1.92 bits per heavy atom. The predicted molar refractivity (Wildman–Crippen MR) is 84.6 cm³/mol. The van der Waals surface area contributed by atoms with Crippen molar-refractivity contribution in [2.24, 2.45) is 0 Å². The van der Waals surface area contributed by atoms with E-state index in [0.29, 0.717) is 18.1 Å². The Kier molecular flexibility index (Phi) is 6.07. The van der Waals surface area contributed by atoms with E-state index in [1.54, 1.807) is 18.3 Å². The summed E-state index contributed by atoms with van der Waals surface area (Å²) in [6.45, 7) is 2.48. The zero-order chi connectivity index (χ0) is 17.4. The predicted octanol–water partition coefficient (Wildman–Crippen LogP) is 1.76. The van der Waals surface area contributed by atoms with Crippen LogP contribution >= 0.6 is 0 Å². The largest absolute Gasteiger partial charge is 0.478 e. The third-order valence-electron chi connectivity index (χ3n) is 2.97. The number of hydrogen-bond donors (Lipinski definition) is 3. The summed E-state index contributed by atoms with van der Waals surface area (Å²) in [5.74, 6) is -0.559. The van der Waals surface area contributed by atoms with Crippen molar-refractivity contribution in [3.05, 3.63) is 59.5 Å². The molecule has 1 aromatic heterocycles. The van der Waals surface area contributed by atoms with Gasteiger partial charge in [0.2, 0.25) is 5.88 Å². The molecule has 0 radical (unpaired) electrons. The fourth-order valence-electron chi connectivity index (χ4n) is 1.83. The summed E-state index contributed by atoms with van der Waals surface area (Å²) < 4.78 is 18.1. The van der Waals surface area contributed by atoms with E-state index in [4.69, 9.17) is 4.74 Å². The molecule has 0 spiro atoms. The van der Waals surface area contributed by atoms with E-state index >= 15 is 0 Å². The molecule has 0 saturated heterocycles. The van der Waals surface area contributed by atoms with Crippen molar-refractivity contribution in [3.63, 3.8) is 0 Å². The highest BCUT2D eigenvalue weighted by Gasteiger charge is 2.09. The molecule has 1 aromatic carbocycles. The van der Waals surface area contributed by atoms with E-state index in [1.807, 2.05) is 6.92 Å². The van der Waals surface area contributed by atoms with Crippen molar-refractivity contribution < 1.29 is 18.7 Å². The number of aromatic nitrogens is 1. The number of halogens is 1. The van der Waals surface area contributed by atoms with Gasteiger partial charge in [0.25, 0.3) is 5.91 Å². The average molecular weight is 332 g/mol. The lowest BCUT2D eigenvalue weighted by molar-refractivity contribution is 0.0936. The second-order valence-corrected chi connectivity index (χ2v) is 4.67. The van der Waals surface area contributed by atoms with Gasteiger partial charge in [-0.05, 0) is 37.3 Å². The van der Waals surface area contributed by atoms with Gasteiger partial charge < -0.3 is 10.1 Å². The lowest BCUT2D eigenvalue weighted by atomic mass is 10.2. The highest BCUT2D eigenvalue weighted by molar-refractivity contribution is 5.95. The molecule has 0 bridgehead atoms. The first-order valence-electron chi connectivity index (χ1n) is 7.26. The van der Waals surface area contributed by atoms with E-state index in [9.17, 15) is 14.0 Å². The number of nitrogens with zero attached hydrogens (tertiary/aromatic N) is 1. The third-order valence-corrected chi connectivity index (χ3v) is 2.97. The van der Waals surface area contributed by atoms with Crippen molar-refractivity contribution >= 4 is 11.9 Å². The van der Waals surface area contributed by atoms with Gasteiger partial charge in [0.1, 0.15) is 5.82 Å². The number of hydrogen-bond acceptors (Lipinski definition) is 4. The van der Waals surface area contributed by atoms with Crippen molar-refractivity contribution in [3.8, 4) is 5.88 Å². The van der Waals surface area contributed by atoms with Gasteiger partial charge in [0.15, 0.2) is 0 Å². The van der Waals surface area contributed by atoms with Crippen LogP contribution in [0.5, 0.6) is 5.88 Å². The first-order chi connectivity index (χ1) is 11.6. The number of amides is 3. The molecule has 0 fully saturated rings. The van der Waals surface area contributed by atoms with Crippen LogP contribution in [0.3, 0.4) is 0 Å². The Morgan fingerprint density at radius 1 is 1.17 bits per heavy atom. The molecule has 2 aromatic rings. The molecule has 0 unspecified atom stereocenters. The number of carbonyl (C=O) groups is 2. The molecular formula is C16H17FN4O3. The van der Waals surface area contributed by atoms with Crippen LogP contribution in [0.4, 0.5) is 9.18 Å². The molecule has 126 valence electrons. The summed E-state index contributed by atoms with van der Waals surface area (Å²) in [5.41, 5.74) is 5.37. The van der Waals surface area contributed by atoms with Crippen molar-refractivity contribution in [1.82, 2.24) is 21.2 Å². The van der Waals surface area contributed by atoms with Gasteiger partial charge in [0.05, 0.1) is 6.61 Å². The molecule has 3 N–H and O–H groups in total. The summed E-state index contributed by atoms with van der Waals surface area (Å²) in [4.78, 5) is 27.6. The number of benzene rings is 1. The molecule has 0 aliphatic rings. The summed E-state index contributed by atoms with van der Waals surface area (Å²) in [6.07, 6.45) is 1.59. The molecule has 7 nitrogen and oxygen atoms in total. The third kappa shape index (κ3) is 4.94. The summed E-state index contributed by atoms with van der Waals surface area (Å²) in [7, 11) is 0. The second kappa shape index (κ2) is 8.47. The van der Waals surface area contributed by atoms with Crippen LogP contribution in [-0.2, 0) is 6.54 Å². The molecule has 2 rings (SSSR count). The minimum atomic E-state index is -0.600. The number of pyridine rings is 1. The lowest BCUT2D eigenvalue weighted by Gasteiger charge is -2.11. The molecule has 24 heavy (non-hydrogen) atoms. The number of ether oxygens (including phenoxy) is 1. The van der Waals surface area contributed by atoms with Crippen molar-refractivity contribution in [1.29, 1.82) is 0 Å². The van der Waals surface area contributed by atoms with Gasteiger partial charge in [0, 0.05) is 23.9 Å². The SMILES string of the molecule is CCOc1ncccc1CNC(=O)NNC(=O)c1ccc(F)cc1. The van der Waals surface area contributed by atoms with Crippen LogP contribution in [0.15, 0.2) is 42.6 Å². The van der Waals surface area contributed by atoms with Crippen molar-refractivity contribution in [2.75, 3.05) is 6.61 Å². The minimum Gasteiger partial charge on any atom is -0.478 e. The lowest BCUT2D eigenvalue weighted by Crippen LogP contribution is -2.46. The van der Waals surface area contributed by atoms with E-state index in [2.05, 4.69) is 21.2 Å². The summed E-state index contributed by atoms with van der Waals surface area (Å²) in [6, 6.07) is 7.85. The molecule has 1 heterocycles. The standard InChI is InChI=1S/C16H17FN4O3/c1-2-24-15-12(4-3-9-18-15)10-19-16(23)21-20-14(22)11-5-7-13(17)8-6-11/h3-9H,2,10H2,1H3,(H,20,22)(H2,19,21,23). The molecule has 8 heteroatoms. The van der Waals surface area contributed by atoms with E-state index in [1.165, 1.54) is 12.1 Å². The smallest absolute Gasteiger partial charge is 0.333 e. The zero-order valence-corrected chi connectivity index (χ0v) is 13.0. The Morgan fingerprint density at radius 3 is 2.62 bits per heavy atom. The van der Waals surface area contributed by atoms with Gasteiger partial charge in [-0.3, -0.25) is 10.2 Å². The average Bonchev–Trinajstić information content (AvgIpc) is 2.60. The molecular weight excluding hydrogens is 315 g/mol. The quantitative estimate of drug-likeness (QED) is 0.728. The first-order valence-corrected chi connectivity index (χ1v) is 7.26.